The van der Waals surface area contributed by atoms with E-state index in [4.69, 9.17) is 4.74 Å². The van der Waals surface area contributed by atoms with E-state index in [2.05, 4.69) is 14.9 Å². The number of rotatable bonds is 4. The minimum atomic E-state index is -0.0897. The van der Waals surface area contributed by atoms with Crippen molar-refractivity contribution < 1.29 is 9.53 Å². The minimum Gasteiger partial charge on any atom is -0.485 e. The Morgan fingerprint density at radius 1 is 1.38 bits per heavy atom. The highest BCUT2D eigenvalue weighted by Gasteiger charge is 2.28. The molecule has 1 aromatic carbocycles. The third-order valence-electron chi connectivity index (χ3n) is 3.67. The topological polar surface area (TPSA) is 58.6 Å². The second-order valence-electron chi connectivity index (χ2n) is 5.89. The number of benzene rings is 1. The van der Waals surface area contributed by atoms with Crippen LogP contribution in [0, 0.1) is 0 Å². The molecule has 1 atom stereocenters. The van der Waals surface area contributed by atoms with Crippen LogP contribution in [0.4, 0.5) is 5.69 Å². The first kappa shape index (κ1) is 16.1. The predicted octanol–water partition coefficient (Wildman–Crippen LogP) is 1.85. The fraction of sp³-hybridized carbons (Fsp3) is 0.278. The van der Waals surface area contributed by atoms with E-state index in [9.17, 15) is 4.79 Å². The standard InChI is InChI=1S/C18H20N4O2/c1-21(2)11-15-12-22(16-5-3-4-6-17(16)24-15)18(23)8-7-14-9-10-19-13-20-14/h3-10,13,15H,11-12H2,1-2H3/b8-7+. The van der Waals surface area contributed by atoms with E-state index in [1.165, 1.54) is 12.4 Å². The SMILES string of the molecule is CN(C)CC1CN(C(=O)/C=C/c2ccncn2)c2ccccc2O1. The molecule has 0 radical (unpaired) electrons. The monoisotopic (exact) mass is 324 g/mol. The molecule has 1 aliphatic rings. The Kier molecular flexibility index (Phi) is 4.86. The van der Waals surface area contributed by atoms with Crippen LogP contribution in [0.1, 0.15) is 5.69 Å². The summed E-state index contributed by atoms with van der Waals surface area (Å²) in [5, 5.41) is 0. The van der Waals surface area contributed by atoms with Crippen LogP contribution in [0.5, 0.6) is 5.75 Å². The largest absolute Gasteiger partial charge is 0.485 e. The summed E-state index contributed by atoms with van der Waals surface area (Å²) in [7, 11) is 3.98. The highest BCUT2D eigenvalue weighted by atomic mass is 16.5. The second-order valence-corrected chi connectivity index (χ2v) is 5.89. The van der Waals surface area contributed by atoms with Crippen LogP contribution < -0.4 is 9.64 Å². The molecule has 0 saturated carbocycles. The number of para-hydroxylation sites is 2. The van der Waals surface area contributed by atoms with Gasteiger partial charge < -0.3 is 14.5 Å². The van der Waals surface area contributed by atoms with Gasteiger partial charge in [-0.15, -0.1) is 0 Å². The van der Waals surface area contributed by atoms with E-state index in [1.807, 2.05) is 38.4 Å². The Labute approximate surface area is 141 Å². The number of hydrogen-bond acceptors (Lipinski definition) is 5. The van der Waals surface area contributed by atoms with E-state index in [1.54, 1.807) is 23.2 Å². The summed E-state index contributed by atoms with van der Waals surface area (Å²) in [6.07, 6.45) is 6.28. The molecule has 6 nitrogen and oxygen atoms in total. The number of carbonyl (C=O) groups is 1. The molecule has 6 heteroatoms. The van der Waals surface area contributed by atoms with E-state index >= 15 is 0 Å². The Hall–Kier alpha value is -2.73. The molecule has 0 fully saturated rings. The number of fused-ring (bicyclic) bond motifs is 1. The third-order valence-corrected chi connectivity index (χ3v) is 3.67. The van der Waals surface area contributed by atoms with Crippen molar-refractivity contribution in [1.29, 1.82) is 0 Å². The van der Waals surface area contributed by atoms with Crippen LogP contribution in [0.2, 0.25) is 0 Å². The van der Waals surface area contributed by atoms with Gasteiger partial charge in [0, 0.05) is 18.8 Å². The van der Waals surface area contributed by atoms with Gasteiger partial charge in [-0.25, -0.2) is 9.97 Å². The normalized spacial score (nSPS) is 17.0. The third kappa shape index (κ3) is 3.78. The number of anilines is 1. The number of amides is 1. The number of nitrogens with zero attached hydrogens (tertiary/aromatic N) is 4. The average molecular weight is 324 g/mol. The molecule has 0 bridgehead atoms. The lowest BCUT2D eigenvalue weighted by molar-refractivity contribution is -0.114. The first-order valence-electron chi connectivity index (χ1n) is 7.79. The van der Waals surface area contributed by atoms with Crippen molar-refractivity contribution in [2.24, 2.45) is 0 Å². The molecule has 2 heterocycles. The van der Waals surface area contributed by atoms with Crippen molar-refractivity contribution in [3.63, 3.8) is 0 Å². The van der Waals surface area contributed by atoms with Crippen LogP contribution in [0.3, 0.4) is 0 Å². The van der Waals surface area contributed by atoms with E-state index in [-0.39, 0.29) is 12.0 Å². The smallest absolute Gasteiger partial charge is 0.251 e. The van der Waals surface area contributed by atoms with Crippen molar-refractivity contribution in [3.05, 3.63) is 54.6 Å². The molecular formula is C18H20N4O2. The molecule has 124 valence electrons. The van der Waals surface area contributed by atoms with Crippen LogP contribution in [0.15, 0.2) is 48.9 Å². The van der Waals surface area contributed by atoms with Crippen molar-refractivity contribution in [3.8, 4) is 5.75 Å². The Morgan fingerprint density at radius 2 is 2.21 bits per heavy atom. The fourth-order valence-electron chi connectivity index (χ4n) is 2.66. The van der Waals surface area contributed by atoms with Crippen molar-refractivity contribution in [2.45, 2.75) is 6.10 Å². The highest BCUT2D eigenvalue weighted by molar-refractivity contribution is 6.04. The van der Waals surface area contributed by atoms with E-state index < -0.39 is 0 Å². The lowest BCUT2D eigenvalue weighted by Crippen LogP contribution is -2.47. The maximum Gasteiger partial charge on any atom is 0.251 e. The molecule has 1 aliphatic heterocycles. The molecule has 1 aromatic heterocycles. The number of carbonyl (C=O) groups excluding carboxylic acids is 1. The molecule has 1 amide bonds. The molecule has 0 N–H and O–H groups in total. The molecular weight excluding hydrogens is 304 g/mol. The number of likely N-dealkylation sites (N-methyl/N-ethyl adjacent to an activating group) is 1. The van der Waals surface area contributed by atoms with Gasteiger partial charge >= 0.3 is 0 Å². The molecule has 24 heavy (non-hydrogen) atoms. The van der Waals surface area contributed by atoms with Crippen molar-refractivity contribution in [2.75, 3.05) is 32.1 Å². The quantitative estimate of drug-likeness (QED) is 0.803. The van der Waals surface area contributed by atoms with Gasteiger partial charge in [0.15, 0.2) is 0 Å². The molecule has 0 aliphatic carbocycles. The van der Waals surface area contributed by atoms with Gasteiger partial charge in [0.25, 0.3) is 5.91 Å². The van der Waals surface area contributed by atoms with Crippen LogP contribution >= 0.6 is 0 Å². The number of aromatic nitrogens is 2. The lowest BCUT2D eigenvalue weighted by atomic mass is 10.1. The summed E-state index contributed by atoms with van der Waals surface area (Å²) in [4.78, 5) is 24.5. The van der Waals surface area contributed by atoms with Gasteiger partial charge in [0.05, 0.1) is 17.9 Å². The minimum absolute atomic E-state index is 0.0636. The summed E-state index contributed by atoms with van der Waals surface area (Å²) in [6, 6.07) is 9.37. The van der Waals surface area contributed by atoms with E-state index in [0.717, 1.165) is 18.0 Å². The second kappa shape index (κ2) is 7.23. The Morgan fingerprint density at radius 3 is 2.96 bits per heavy atom. The summed E-state index contributed by atoms with van der Waals surface area (Å²) in [6.45, 7) is 1.26. The van der Waals surface area contributed by atoms with Gasteiger partial charge in [0.1, 0.15) is 18.2 Å². The lowest BCUT2D eigenvalue weighted by Gasteiger charge is -2.35. The van der Waals surface area contributed by atoms with Crippen molar-refractivity contribution in [1.82, 2.24) is 14.9 Å². The van der Waals surface area contributed by atoms with Gasteiger partial charge in [-0.1, -0.05) is 12.1 Å². The first-order valence-corrected chi connectivity index (χ1v) is 7.79. The molecule has 1 unspecified atom stereocenters. The van der Waals surface area contributed by atoms with Gasteiger partial charge in [-0.05, 0) is 38.4 Å². The average Bonchev–Trinajstić information content (AvgIpc) is 2.59. The van der Waals surface area contributed by atoms with Gasteiger partial charge in [-0.2, -0.15) is 0 Å². The van der Waals surface area contributed by atoms with Gasteiger partial charge in [-0.3, -0.25) is 4.79 Å². The Bertz CT molecular complexity index is 731. The summed E-state index contributed by atoms with van der Waals surface area (Å²) in [5.74, 6) is 0.646. The zero-order valence-corrected chi connectivity index (χ0v) is 13.8. The number of hydrogen-bond donors (Lipinski definition) is 0. The number of ether oxygens (including phenoxy) is 1. The molecule has 0 saturated heterocycles. The van der Waals surface area contributed by atoms with Crippen LogP contribution in [-0.4, -0.2) is 54.1 Å². The molecule has 3 rings (SSSR count). The summed E-state index contributed by atoms with van der Waals surface area (Å²) >= 11 is 0. The van der Waals surface area contributed by atoms with Gasteiger partial charge in [0.2, 0.25) is 0 Å². The van der Waals surface area contributed by atoms with E-state index in [0.29, 0.717) is 12.2 Å². The summed E-state index contributed by atoms with van der Waals surface area (Å²) in [5.41, 5.74) is 1.49. The zero-order valence-electron chi connectivity index (χ0n) is 13.8. The van der Waals surface area contributed by atoms with Crippen LogP contribution in [0.25, 0.3) is 6.08 Å². The molecule has 2 aromatic rings. The molecule has 0 spiro atoms. The maximum absolute atomic E-state index is 12.7. The van der Waals surface area contributed by atoms with Crippen molar-refractivity contribution >= 4 is 17.7 Å². The predicted molar refractivity (Wildman–Crippen MR) is 92.8 cm³/mol. The Balaban J connectivity index is 1.82. The summed E-state index contributed by atoms with van der Waals surface area (Å²) < 4.78 is 6.01. The first-order chi connectivity index (χ1) is 11.6. The fourth-order valence-corrected chi connectivity index (χ4v) is 2.66. The van der Waals surface area contributed by atoms with Crippen LogP contribution in [-0.2, 0) is 4.79 Å². The maximum atomic E-state index is 12.7. The zero-order chi connectivity index (χ0) is 16.9. The highest BCUT2D eigenvalue weighted by Crippen LogP contribution is 2.33.